The maximum atomic E-state index is 9.38. The van der Waals surface area contributed by atoms with Gasteiger partial charge in [0, 0.05) is 17.8 Å². The van der Waals surface area contributed by atoms with Crippen LogP contribution >= 0.6 is 0 Å². The van der Waals surface area contributed by atoms with Gasteiger partial charge in [0.2, 0.25) is 0 Å². The second-order valence-corrected chi connectivity index (χ2v) is 4.98. The SMILES string of the molecule is Oc1cccc(NC2CC3CCC2C3)c1. The third-order valence-corrected chi connectivity index (χ3v) is 3.94. The summed E-state index contributed by atoms with van der Waals surface area (Å²) in [4.78, 5) is 0. The number of hydrogen-bond acceptors (Lipinski definition) is 2. The van der Waals surface area contributed by atoms with Crippen LogP contribution in [0.2, 0.25) is 0 Å². The second kappa shape index (κ2) is 3.44. The second-order valence-electron chi connectivity index (χ2n) is 4.98. The minimum absolute atomic E-state index is 0.350. The Bertz CT molecular complexity index is 363. The van der Waals surface area contributed by atoms with E-state index < -0.39 is 0 Å². The van der Waals surface area contributed by atoms with Gasteiger partial charge < -0.3 is 10.4 Å². The molecule has 3 atom stereocenters. The van der Waals surface area contributed by atoms with Crippen molar-refractivity contribution in [3.05, 3.63) is 24.3 Å². The molecule has 15 heavy (non-hydrogen) atoms. The Morgan fingerprint density at radius 2 is 2.13 bits per heavy atom. The van der Waals surface area contributed by atoms with E-state index in [0.29, 0.717) is 11.8 Å². The maximum absolute atomic E-state index is 9.38. The van der Waals surface area contributed by atoms with Crippen LogP contribution in [0.1, 0.15) is 25.7 Å². The number of anilines is 1. The summed E-state index contributed by atoms with van der Waals surface area (Å²) in [5.41, 5.74) is 1.06. The highest BCUT2D eigenvalue weighted by Gasteiger charge is 2.39. The van der Waals surface area contributed by atoms with Crippen LogP contribution in [0.25, 0.3) is 0 Å². The molecule has 80 valence electrons. The third kappa shape index (κ3) is 1.69. The van der Waals surface area contributed by atoms with E-state index in [1.807, 2.05) is 18.2 Å². The number of nitrogens with one attached hydrogen (secondary N) is 1. The molecule has 0 saturated heterocycles. The zero-order valence-electron chi connectivity index (χ0n) is 8.82. The average Bonchev–Trinajstić information content (AvgIpc) is 2.79. The van der Waals surface area contributed by atoms with E-state index in [-0.39, 0.29) is 0 Å². The molecule has 2 bridgehead atoms. The first-order chi connectivity index (χ1) is 7.31. The normalized spacial score (nSPS) is 33.2. The van der Waals surface area contributed by atoms with Gasteiger partial charge in [-0.05, 0) is 43.2 Å². The largest absolute Gasteiger partial charge is 0.508 e. The number of aromatic hydroxyl groups is 1. The molecule has 0 aliphatic heterocycles. The number of fused-ring (bicyclic) bond motifs is 2. The average molecular weight is 203 g/mol. The fraction of sp³-hybridized carbons (Fsp3) is 0.538. The van der Waals surface area contributed by atoms with E-state index in [1.54, 1.807) is 6.07 Å². The molecule has 2 heteroatoms. The lowest BCUT2D eigenvalue weighted by Gasteiger charge is -2.24. The molecule has 1 aromatic rings. The molecule has 2 nitrogen and oxygen atoms in total. The van der Waals surface area contributed by atoms with Crippen LogP contribution in [0.4, 0.5) is 5.69 Å². The number of rotatable bonds is 2. The molecule has 2 aliphatic carbocycles. The molecule has 0 spiro atoms. The Morgan fingerprint density at radius 1 is 1.20 bits per heavy atom. The highest BCUT2D eigenvalue weighted by Crippen LogP contribution is 2.45. The van der Waals surface area contributed by atoms with Crippen molar-refractivity contribution in [3.8, 4) is 5.75 Å². The van der Waals surface area contributed by atoms with Crippen LogP contribution in [0.5, 0.6) is 5.75 Å². The summed E-state index contributed by atoms with van der Waals surface area (Å²) in [7, 11) is 0. The van der Waals surface area contributed by atoms with E-state index in [2.05, 4.69) is 5.32 Å². The predicted molar refractivity (Wildman–Crippen MR) is 61.0 cm³/mol. The van der Waals surface area contributed by atoms with E-state index in [1.165, 1.54) is 25.7 Å². The summed E-state index contributed by atoms with van der Waals surface area (Å²) in [6, 6.07) is 8.10. The van der Waals surface area contributed by atoms with E-state index >= 15 is 0 Å². The van der Waals surface area contributed by atoms with Crippen LogP contribution in [0, 0.1) is 11.8 Å². The smallest absolute Gasteiger partial charge is 0.117 e. The molecule has 0 radical (unpaired) electrons. The highest BCUT2D eigenvalue weighted by molar-refractivity contribution is 5.48. The summed E-state index contributed by atoms with van der Waals surface area (Å²) in [5.74, 6) is 2.19. The summed E-state index contributed by atoms with van der Waals surface area (Å²) >= 11 is 0. The molecule has 3 rings (SSSR count). The molecule has 0 aromatic heterocycles. The van der Waals surface area contributed by atoms with Gasteiger partial charge in [0.25, 0.3) is 0 Å². The molecule has 1 aromatic carbocycles. The first-order valence-electron chi connectivity index (χ1n) is 5.87. The van der Waals surface area contributed by atoms with Gasteiger partial charge in [0.15, 0.2) is 0 Å². The molecule has 0 heterocycles. The van der Waals surface area contributed by atoms with Gasteiger partial charge >= 0.3 is 0 Å². The Balaban J connectivity index is 1.71. The fourth-order valence-corrected chi connectivity index (χ4v) is 3.23. The van der Waals surface area contributed by atoms with Crippen LogP contribution in [0.3, 0.4) is 0 Å². The van der Waals surface area contributed by atoms with Crippen LogP contribution in [0.15, 0.2) is 24.3 Å². The van der Waals surface area contributed by atoms with Crippen molar-refractivity contribution < 1.29 is 5.11 Å². The Hall–Kier alpha value is -1.18. The molecule has 2 aliphatic rings. The van der Waals surface area contributed by atoms with Crippen molar-refractivity contribution in [1.82, 2.24) is 0 Å². The predicted octanol–water partition coefficient (Wildman–Crippen LogP) is 2.99. The zero-order valence-corrected chi connectivity index (χ0v) is 8.82. The number of benzene rings is 1. The van der Waals surface area contributed by atoms with Gasteiger partial charge in [-0.15, -0.1) is 0 Å². The minimum Gasteiger partial charge on any atom is -0.508 e. The van der Waals surface area contributed by atoms with Crippen LogP contribution in [-0.2, 0) is 0 Å². The topological polar surface area (TPSA) is 32.3 Å². The fourth-order valence-electron chi connectivity index (χ4n) is 3.23. The lowest BCUT2D eigenvalue weighted by molar-refractivity contribution is 0.439. The van der Waals surface area contributed by atoms with Crippen molar-refractivity contribution >= 4 is 5.69 Å². The van der Waals surface area contributed by atoms with Crippen molar-refractivity contribution in [1.29, 1.82) is 0 Å². The van der Waals surface area contributed by atoms with Crippen LogP contribution in [-0.4, -0.2) is 11.1 Å². The zero-order chi connectivity index (χ0) is 10.3. The Labute approximate surface area is 90.3 Å². The molecule has 2 N–H and O–H groups in total. The van der Waals surface area contributed by atoms with Crippen LogP contribution < -0.4 is 5.32 Å². The number of phenols is 1. The van der Waals surface area contributed by atoms with Crippen molar-refractivity contribution in [2.75, 3.05) is 5.32 Å². The minimum atomic E-state index is 0.350. The van der Waals surface area contributed by atoms with E-state index in [0.717, 1.165) is 17.5 Å². The van der Waals surface area contributed by atoms with E-state index in [9.17, 15) is 5.11 Å². The Kier molecular flexibility index (Phi) is 2.08. The first kappa shape index (κ1) is 9.08. The lowest BCUT2D eigenvalue weighted by atomic mass is 9.95. The Morgan fingerprint density at radius 3 is 2.80 bits per heavy atom. The standard InChI is InChI=1S/C13H17NO/c15-12-3-1-2-11(8-12)14-13-7-9-4-5-10(13)6-9/h1-3,8-10,13-15H,4-7H2. The van der Waals surface area contributed by atoms with Crippen molar-refractivity contribution in [2.24, 2.45) is 11.8 Å². The molecule has 0 amide bonds. The third-order valence-electron chi connectivity index (χ3n) is 3.94. The molecular formula is C13H17NO. The summed E-state index contributed by atoms with van der Waals surface area (Å²) in [6.45, 7) is 0. The monoisotopic (exact) mass is 203 g/mol. The number of phenolic OH excluding ortho intramolecular Hbond substituents is 1. The van der Waals surface area contributed by atoms with Gasteiger partial charge in [-0.25, -0.2) is 0 Å². The van der Waals surface area contributed by atoms with Gasteiger partial charge in [0.1, 0.15) is 5.75 Å². The summed E-state index contributed by atoms with van der Waals surface area (Å²) in [5, 5.41) is 12.9. The van der Waals surface area contributed by atoms with Gasteiger partial charge in [-0.1, -0.05) is 12.5 Å². The van der Waals surface area contributed by atoms with Crippen molar-refractivity contribution in [2.45, 2.75) is 31.7 Å². The quantitative estimate of drug-likeness (QED) is 0.774. The van der Waals surface area contributed by atoms with Crippen molar-refractivity contribution in [3.63, 3.8) is 0 Å². The van der Waals surface area contributed by atoms with Gasteiger partial charge in [-0.2, -0.15) is 0 Å². The van der Waals surface area contributed by atoms with Gasteiger partial charge in [0.05, 0.1) is 0 Å². The molecule has 2 fully saturated rings. The molecular weight excluding hydrogens is 186 g/mol. The highest BCUT2D eigenvalue weighted by atomic mass is 16.3. The number of hydrogen-bond donors (Lipinski definition) is 2. The first-order valence-corrected chi connectivity index (χ1v) is 5.87. The molecule has 3 unspecified atom stereocenters. The molecule has 2 saturated carbocycles. The lowest BCUT2D eigenvalue weighted by Crippen LogP contribution is -2.25. The van der Waals surface area contributed by atoms with E-state index in [4.69, 9.17) is 0 Å². The summed E-state index contributed by atoms with van der Waals surface area (Å²) < 4.78 is 0. The maximum Gasteiger partial charge on any atom is 0.117 e. The van der Waals surface area contributed by atoms with Gasteiger partial charge in [-0.3, -0.25) is 0 Å². The summed E-state index contributed by atoms with van der Waals surface area (Å²) in [6.07, 6.45) is 5.56.